The maximum atomic E-state index is 8.93. The van der Waals surface area contributed by atoms with Crippen LogP contribution in [0.3, 0.4) is 0 Å². The van der Waals surface area contributed by atoms with Gasteiger partial charge in [0, 0.05) is 6.54 Å². The zero-order valence-electron chi connectivity index (χ0n) is 10.4. The molecule has 17 heavy (non-hydrogen) atoms. The predicted octanol–water partition coefficient (Wildman–Crippen LogP) is 1.29. The lowest BCUT2D eigenvalue weighted by Gasteiger charge is -2.10. The SMILES string of the molecule is CN(C)CCCCNc1ncc(N)cc1C#N. The highest BCUT2D eigenvalue weighted by molar-refractivity contribution is 5.57. The smallest absolute Gasteiger partial charge is 0.144 e. The Labute approximate surface area is 102 Å². The molecule has 0 aliphatic heterocycles. The highest BCUT2D eigenvalue weighted by Gasteiger charge is 2.03. The first kappa shape index (κ1) is 13.3. The second-order valence-corrected chi connectivity index (χ2v) is 4.21. The van der Waals surface area contributed by atoms with Crippen molar-refractivity contribution in [1.29, 1.82) is 5.26 Å². The van der Waals surface area contributed by atoms with Crippen LogP contribution < -0.4 is 11.1 Å². The van der Waals surface area contributed by atoms with E-state index in [9.17, 15) is 0 Å². The zero-order valence-corrected chi connectivity index (χ0v) is 10.4. The molecule has 5 nitrogen and oxygen atoms in total. The summed E-state index contributed by atoms with van der Waals surface area (Å²) in [5.41, 5.74) is 6.58. The lowest BCUT2D eigenvalue weighted by Crippen LogP contribution is -2.14. The third-order valence-corrected chi connectivity index (χ3v) is 2.35. The predicted molar refractivity (Wildman–Crippen MR) is 69.6 cm³/mol. The van der Waals surface area contributed by atoms with Crippen LogP contribution in [0.4, 0.5) is 11.5 Å². The topological polar surface area (TPSA) is 78.0 Å². The number of nitriles is 1. The van der Waals surface area contributed by atoms with Gasteiger partial charge in [0.25, 0.3) is 0 Å². The van der Waals surface area contributed by atoms with Crippen molar-refractivity contribution >= 4 is 11.5 Å². The van der Waals surface area contributed by atoms with Gasteiger partial charge in [0.1, 0.15) is 11.9 Å². The molecule has 1 rings (SSSR count). The summed E-state index contributed by atoms with van der Waals surface area (Å²) in [6.45, 7) is 1.89. The van der Waals surface area contributed by atoms with Crippen LogP contribution in [-0.4, -0.2) is 37.1 Å². The third kappa shape index (κ3) is 4.70. The molecule has 0 spiro atoms. The zero-order chi connectivity index (χ0) is 12.7. The molecule has 0 bridgehead atoms. The van der Waals surface area contributed by atoms with E-state index >= 15 is 0 Å². The van der Waals surface area contributed by atoms with Crippen molar-refractivity contribution in [2.45, 2.75) is 12.8 Å². The van der Waals surface area contributed by atoms with E-state index in [0.29, 0.717) is 17.1 Å². The van der Waals surface area contributed by atoms with Crippen LogP contribution in [0.15, 0.2) is 12.3 Å². The van der Waals surface area contributed by atoms with Gasteiger partial charge in [-0.1, -0.05) is 0 Å². The molecular formula is C12H19N5. The van der Waals surface area contributed by atoms with E-state index in [4.69, 9.17) is 11.0 Å². The quantitative estimate of drug-likeness (QED) is 0.724. The van der Waals surface area contributed by atoms with Crippen molar-refractivity contribution in [2.75, 3.05) is 38.2 Å². The number of nitrogens with two attached hydrogens (primary N) is 1. The number of nitrogen functional groups attached to an aromatic ring is 1. The largest absolute Gasteiger partial charge is 0.397 e. The molecular weight excluding hydrogens is 214 g/mol. The molecule has 5 heteroatoms. The summed E-state index contributed by atoms with van der Waals surface area (Å²) in [5.74, 6) is 0.617. The van der Waals surface area contributed by atoms with E-state index in [1.165, 1.54) is 0 Å². The van der Waals surface area contributed by atoms with Gasteiger partial charge in [-0.05, 0) is 39.5 Å². The molecule has 0 atom stereocenters. The van der Waals surface area contributed by atoms with Crippen molar-refractivity contribution in [3.8, 4) is 6.07 Å². The van der Waals surface area contributed by atoms with Crippen molar-refractivity contribution in [1.82, 2.24) is 9.88 Å². The fourth-order valence-corrected chi connectivity index (χ4v) is 1.47. The Balaban J connectivity index is 2.39. The summed E-state index contributed by atoms with van der Waals surface area (Å²) in [5, 5.41) is 12.1. The van der Waals surface area contributed by atoms with E-state index < -0.39 is 0 Å². The summed E-state index contributed by atoms with van der Waals surface area (Å²) >= 11 is 0. The molecule has 0 aromatic carbocycles. The Morgan fingerprint density at radius 3 is 2.88 bits per heavy atom. The molecule has 0 saturated heterocycles. The Morgan fingerprint density at radius 1 is 1.47 bits per heavy atom. The van der Waals surface area contributed by atoms with Crippen LogP contribution in [-0.2, 0) is 0 Å². The summed E-state index contributed by atoms with van der Waals surface area (Å²) < 4.78 is 0. The summed E-state index contributed by atoms with van der Waals surface area (Å²) in [7, 11) is 4.12. The summed E-state index contributed by atoms with van der Waals surface area (Å²) in [6.07, 6.45) is 3.73. The van der Waals surface area contributed by atoms with E-state index in [-0.39, 0.29) is 0 Å². The van der Waals surface area contributed by atoms with E-state index in [1.54, 1.807) is 12.3 Å². The molecule has 1 aromatic rings. The minimum atomic E-state index is 0.498. The number of hydrogen-bond donors (Lipinski definition) is 2. The normalized spacial score (nSPS) is 10.2. The highest BCUT2D eigenvalue weighted by atomic mass is 15.0. The van der Waals surface area contributed by atoms with Crippen LogP contribution >= 0.6 is 0 Å². The van der Waals surface area contributed by atoms with Gasteiger partial charge in [-0.25, -0.2) is 4.98 Å². The number of nitrogens with zero attached hydrogens (tertiary/aromatic N) is 3. The molecule has 0 amide bonds. The number of anilines is 2. The Hall–Kier alpha value is -1.80. The Bertz CT molecular complexity index is 394. The third-order valence-electron chi connectivity index (χ3n) is 2.35. The van der Waals surface area contributed by atoms with Gasteiger partial charge in [0.15, 0.2) is 0 Å². The summed E-state index contributed by atoms with van der Waals surface area (Å²) in [4.78, 5) is 6.27. The Kier molecular flexibility index (Phi) is 5.24. The van der Waals surface area contributed by atoms with E-state index in [0.717, 1.165) is 25.9 Å². The van der Waals surface area contributed by atoms with Gasteiger partial charge in [-0.15, -0.1) is 0 Å². The molecule has 0 aliphatic carbocycles. The van der Waals surface area contributed by atoms with Crippen LogP contribution in [0.1, 0.15) is 18.4 Å². The molecule has 0 fully saturated rings. The number of aromatic nitrogens is 1. The maximum Gasteiger partial charge on any atom is 0.144 e. The van der Waals surface area contributed by atoms with Crippen LogP contribution in [0, 0.1) is 11.3 Å². The van der Waals surface area contributed by atoms with Gasteiger partial charge in [-0.3, -0.25) is 0 Å². The number of hydrogen-bond acceptors (Lipinski definition) is 5. The molecule has 3 N–H and O–H groups in total. The molecule has 1 heterocycles. The average molecular weight is 233 g/mol. The van der Waals surface area contributed by atoms with E-state index in [2.05, 4.69) is 35.4 Å². The monoisotopic (exact) mass is 233 g/mol. The lowest BCUT2D eigenvalue weighted by molar-refractivity contribution is 0.396. The van der Waals surface area contributed by atoms with Crippen LogP contribution in [0.2, 0.25) is 0 Å². The van der Waals surface area contributed by atoms with Gasteiger partial charge in [-0.2, -0.15) is 5.26 Å². The molecule has 0 aliphatic rings. The molecule has 1 aromatic heterocycles. The Morgan fingerprint density at radius 2 is 2.24 bits per heavy atom. The average Bonchev–Trinajstić information content (AvgIpc) is 2.29. The van der Waals surface area contributed by atoms with Crippen molar-refractivity contribution in [2.24, 2.45) is 0 Å². The molecule has 92 valence electrons. The minimum absolute atomic E-state index is 0.498. The molecule has 0 saturated carbocycles. The van der Waals surface area contributed by atoms with Crippen LogP contribution in [0.5, 0.6) is 0 Å². The fourth-order valence-electron chi connectivity index (χ4n) is 1.47. The molecule has 0 unspecified atom stereocenters. The minimum Gasteiger partial charge on any atom is -0.397 e. The number of pyridine rings is 1. The maximum absolute atomic E-state index is 8.93. The van der Waals surface area contributed by atoms with Gasteiger partial charge in [0.2, 0.25) is 0 Å². The first-order valence-corrected chi connectivity index (χ1v) is 5.67. The van der Waals surface area contributed by atoms with Crippen LogP contribution in [0.25, 0.3) is 0 Å². The lowest BCUT2D eigenvalue weighted by atomic mass is 10.2. The molecule has 0 radical (unpaired) electrons. The van der Waals surface area contributed by atoms with Crippen molar-refractivity contribution < 1.29 is 0 Å². The van der Waals surface area contributed by atoms with E-state index in [1.807, 2.05) is 0 Å². The standard InChI is InChI=1S/C12H19N5/c1-17(2)6-4-3-5-15-12-10(8-13)7-11(14)9-16-12/h7,9H,3-6,14H2,1-2H3,(H,15,16). The first-order valence-electron chi connectivity index (χ1n) is 5.67. The van der Waals surface area contributed by atoms with Gasteiger partial charge < -0.3 is 16.0 Å². The first-order chi connectivity index (χ1) is 8.13. The van der Waals surface area contributed by atoms with Gasteiger partial charge in [0.05, 0.1) is 17.4 Å². The highest BCUT2D eigenvalue weighted by Crippen LogP contribution is 2.14. The second kappa shape index (κ2) is 6.71. The second-order valence-electron chi connectivity index (χ2n) is 4.21. The number of rotatable bonds is 6. The number of unbranched alkanes of at least 4 members (excludes halogenated alkanes) is 1. The van der Waals surface area contributed by atoms with Gasteiger partial charge >= 0.3 is 0 Å². The van der Waals surface area contributed by atoms with Crippen molar-refractivity contribution in [3.63, 3.8) is 0 Å². The summed E-state index contributed by atoms with van der Waals surface area (Å²) in [6, 6.07) is 3.72. The van der Waals surface area contributed by atoms with Crippen molar-refractivity contribution in [3.05, 3.63) is 17.8 Å². The fraction of sp³-hybridized carbons (Fsp3) is 0.500. The number of nitrogens with one attached hydrogen (secondary N) is 1.